The Kier molecular flexibility index (Phi) is 1.87. The zero-order valence-corrected chi connectivity index (χ0v) is 6.82. The van der Waals surface area contributed by atoms with E-state index in [1.165, 1.54) is 0 Å². The average Bonchev–Trinajstić information content (AvgIpc) is 2.90. The van der Waals surface area contributed by atoms with E-state index in [-0.39, 0.29) is 6.29 Å². The van der Waals surface area contributed by atoms with E-state index in [2.05, 4.69) is 0 Å². The van der Waals surface area contributed by atoms with Crippen molar-refractivity contribution in [1.82, 2.24) is 0 Å². The maximum absolute atomic E-state index is 5.35. The molecule has 0 aliphatic carbocycles. The van der Waals surface area contributed by atoms with Gasteiger partial charge in [-0.2, -0.15) is 0 Å². The Hall–Kier alpha value is -1.22. The predicted octanol–water partition coefficient (Wildman–Crippen LogP) is 1.43. The topological polar surface area (TPSA) is 31.0 Å². The van der Waals surface area contributed by atoms with Crippen molar-refractivity contribution in [3.63, 3.8) is 0 Å². The fraction of sp³-hybridized carbons (Fsp3) is 0.333. The molecule has 1 fully saturated rings. The number of methoxy groups -OCH3 is 1. The molecule has 3 heteroatoms. The lowest BCUT2D eigenvalue weighted by molar-refractivity contribution is 0.179. The lowest BCUT2D eigenvalue weighted by atomic mass is 10.3. The summed E-state index contributed by atoms with van der Waals surface area (Å²) in [5.41, 5.74) is 0. The first kappa shape index (κ1) is 7.43. The Labute approximate surface area is 70.9 Å². The molecular weight excluding hydrogens is 156 g/mol. The molecule has 0 spiro atoms. The predicted molar refractivity (Wildman–Crippen MR) is 43.4 cm³/mol. The van der Waals surface area contributed by atoms with Gasteiger partial charge in [0.2, 0.25) is 6.29 Å². The summed E-state index contributed by atoms with van der Waals surface area (Å²) in [7, 11) is 1.64. The van der Waals surface area contributed by atoms with Crippen LogP contribution in [0.25, 0.3) is 0 Å². The molecule has 1 aromatic carbocycles. The summed E-state index contributed by atoms with van der Waals surface area (Å²) >= 11 is 0. The molecule has 0 N–H and O–H groups in total. The van der Waals surface area contributed by atoms with E-state index in [0.717, 1.165) is 11.5 Å². The first-order valence-electron chi connectivity index (χ1n) is 3.81. The van der Waals surface area contributed by atoms with Crippen LogP contribution in [0.1, 0.15) is 0 Å². The number of hydrogen-bond donors (Lipinski definition) is 0. The van der Waals surface area contributed by atoms with Crippen LogP contribution in [-0.4, -0.2) is 20.0 Å². The second-order valence-corrected chi connectivity index (χ2v) is 2.56. The van der Waals surface area contributed by atoms with E-state index >= 15 is 0 Å². The van der Waals surface area contributed by atoms with Crippen LogP contribution < -0.4 is 9.47 Å². The van der Waals surface area contributed by atoms with Gasteiger partial charge in [0, 0.05) is 0 Å². The van der Waals surface area contributed by atoms with Crippen LogP contribution in [0.2, 0.25) is 0 Å². The SMILES string of the molecule is COc1ccc(OC2CO2)cc1. The lowest BCUT2D eigenvalue weighted by Crippen LogP contribution is -1.97. The highest BCUT2D eigenvalue weighted by molar-refractivity contribution is 5.31. The van der Waals surface area contributed by atoms with Crippen LogP contribution in [-0.2, 0) is 4.74 Å². The minimum absolute atomic E-state index is 0.0293. The highest BCUT2D eigenvalue weighted by Crippen LogP contribution is 2.21. The molecule has 0 saturated carbocycles. The standard InChI is InChI=1S/C9H10O3/c1-10-7-2-4-8(5-3-7)12-9-6-11-9/h2-5,9H,6H2,1H3. The molecule has 1 aliphatic heterocycles. The molecule has 12 heavy (non-hydrogen) atoms. The molecule has 0 radical (unpaired) electrons. The van der Waals surface area contributed by atoms with E-state index < -0.39 is 0 Å². The van der Waals surface area contributed by atoms with Crippen LogP contribution in [0.15, 0.2) is 24.3 Å². The normalized spacial score (nSPS) is 20.2. The van der Waals surface area contributed by atoms with Crippen molar-refractivity contribution in [2.45, 2.75) is 6.29 Å². The molecule has 0 bridgehead atoms. The number of hydrogen-bond acceptors (Lipinski definition) is 3. The molecular formula is C9H10O3. The molecule has 0 aromatic heterocycles. The zero-order chi connectivity index (χ0) is 8.39. The van der Waals surface area contributed by atoms with Crippen LogP contribution in [0, 0.1) is 0 Å². The van der Waals surface area contributed by atoms with Gasteiger partial charge in [0.15, 0.2) is 0 Å². The number of ether oxygens (including phenoxy) is 3. The van der Waals surface area contributed by atoms with Gasteiger partial charge in [0.25, 0.3) is 0 Å². The van der Waals surface area contributed by atoms with Crippen LogP contribution in [0.4, 0.5) is 0 Å². The van der Waals surface area contributed by atoms with Gasteiger partial charge in [0.05, 0.1) is 7.11 Å². The Balaban J connectivity index is 2.02. The second-order valence-electron chi connectivity index (χ2n) is 2.56. The number of rotatable bonds is 3. The zero-order valence-electron chi connectivity index (χ0n) is 6.82. The molecule has 64 valence electrons. The van der Waals surface area contributed by atoms with Crippen LogP contribution in [0.3, 0.4) is 0 Å². The minimum Gasteiger partial charge on any atom is -0.497 e. The quantitative estimate of drug-likeness (QED) is 0.636. The maximum atomic E-state index is 5.35. The van der Waals surface area contributed by atoms with Gasteiger partial charge in [-0.3, -0.25) is 0 Å². The molecule has 1 saturated heterocycles. The van der Waals surface area contributed by atoms with Crippen molar-refractivity contribution in [3.8, 4) is 11.5 Å². The Bertz CT molecular complexity index is 251. The fourth-order valence-corrected chi connectivity index (χ4v) is 0.913. The summed E-state index contributed by atoms with van der Waals surface area (Å²) in [6.45, 7) is 0.700. The fourth-order valence-electron chi connectivity index (χ4n) is 0.913. The van der Waals surface area contributed by atoms with E-state index in [0.29, 0.717) is 6.61 Å². The molecule has 2 rings (SSSR count). The first-order valence-corrected chi connectivity index (χ1v) is 3.81. The largest absolute Gasteiger partial charge is 0.497 e. The van der Waals surface area contributed by atoms with Gasteiger partial charge in [-0.25, -0.2) is 0 Å². The average molecular weight is 166 g/mol. The lowest BCUT2D eigenvalue weighted by Gasteiger charge is -2.02. The highest BCUT2D eigenvalue weighted by Gasteiger charge is 2.24. The third-order valence-corrected chi connectivity index (χ3v) is 1.63. The van der Waals surface area contributed by atoms with Gasteiger partial charge in [-0.1, -0.05) is 0 Å². The summed E-state index contributed by atoms with van der Waals surface area (Å²) in [5, 5.41) is 0. The summed E-state index contributed by atoms with van der Waals surface area (Å²) < 4.78 is 15.3. The van der Waals surface area contributed by atoms with E-state index in [1.807, 2.05) is 24.3 Å². The molecule has 1 heterocycles. The minimum atomic E-state index is -0.0293. The van der Waals surface area contributed by atoms with Gasteiger partial charge in [0.1, 0.15) is 18.1 Å². The van der Waals surface area contributed by atoms with Crippen molar-refractivity contribution in [2.24, 2.45) is 0 Å². The van der Waals surface area contributed by atoms with Crippen molar-refractivity contribution in [2.75, 3.05) is 13.7 Å². The summed E-state index contributed by atoms with van der Waals surface area (Å²) in [5.74, 6) is 1.65. The summed E-state index contributed by atoms with van der Waals surface area (Å²) in [6, 6.07) is 7.44. The first-order chi connectivity index (χ1) is 5.88. The Morgan fingerprint density at radius 2 is 1.83 bits per heavy atom. The van der Waals surface area contributed by atoms with Crippen LogP contribution in [0.5, 0.6) is 11.5 Å². The van der Waals surface area contributed by atoms with Gasteiger partial charge < -0.3 is 14.2 Å². The van der Waals surface area contributed by atoms with E-state index in [1.54, 1.807) is 7.11 Å². The monoisotopic (exact) mass is 166 g/mol. The Morgan fingerprint density at radius 3 is 2.33 bits per heavy atom. The van der Waals surface area contributed by atoms with Crippen molar-refractivity contribution < 1.29 is 14.2 Å². The third-order valence-electron chi connectivity index (χ3n) is 1.63. The van der Waals surface area contributed by atoms with E-state index in [9.17, 15) is 0 Å². The second kappa shape index (κ2) is 3.03. The molecule has 1 unspecified atom stereocenters. The maximum Gasteiger partial charge on any atom is 0.223 e. The molecule has 1 aromatic rings. The van der Waals surface area contributed by atoms with Crippen molar-refractivity contribution >= 4 is 0 Å². The van der Waals surface area contributed by atoms with Crippen molar-refractivity contribution in [1.29, 1.82) is 0 Å². The van der Waals surface area contributed by atoms with Crippen LogP contribution >= 0.6 is 0 Å². The molecule has 1 aliphatic rings. The van der Waals surface area contributed by atoms with Gasteiger partial charge in [-0.15, -0.1) is 0 Å². The molecule has 1 atom stereocenters. The number of epoxide rings is 1. The summed E-state index contributed by atoms with van der Waals surface area (Å²) in [4.78, 5) is 0. The third kappa shape index (κ3) is 1.68. The number of benzene rings is 1. The summed E-state index contributed by atoms with van der Waals surface area (Å²) in [6.07, 6.45) is -0.0293. The smallest absolute Gasteiger partial charge is 0.223 e. The Morgan fingerprint density at radius 1 is 1.25 bits per heavy atom. The highest BCUT2D eigenvalue weighted by atomic mass is 16.8. The van der Waals surface area contributed by atoms with E-state index in [4.69, 9.17) is 14.2 Å². The van der Waals surface area contributed by atoms with Gasteiger partial charge in [-0.05, 0) is 24.3 Å². The van der Waals surface area contributed by atoms with Crippen molar-refractivity contribution in [3.05, 3.63) is 24.3 Å². The van der Waals surface area contributed by atoms with Gasteiger partial charge >= 0.3 is 0 Å². The molecule has 3 nitrogen and oxygen atoms in total. The molecule has 0 amide bonds.